The molecule has 0 atom stereocenters. The van der Waals surface area contributed by atoms with Gasteiger partial charge in [-0.2, -0.15) is 5.10 Å². The van der Waals surface area contributed by atoms with E-state index in [2.05, 4.69) is 15.3 Å². The number of carbonyl (C=O) groups is 1. The van der Waals surface area contributed by atoms with Crippen LogP contribution in [0.25, 0.3) is 6.08 Å². The maximum absolute atomic E-state index is 10.9. The summed E-state index contributed by atoms with van der Waals surface area (Å²) in [5.74, 6) is 0.778. The average molecular weight is 248 g/mol. The molecule has 96 valence electrons. The third-order valence-corrected chi connectivity index (χ3v) is 2.01. The van der Waals surface area contributed by atoms with E-state index >= 15 is 0 Å². The third kappa shape index (κ3) is 4.69. The molecule has 1 aromatic carbocycles. The lowest BCUT2D eigenvalue weighted by Gasteiger charge is -2.02. The fourth-order valence-corrected chi connectivity index (χ4v) is 1.25. The number of benzene rings is 1. The Morgan fingerprint density at radius 2 is 2.22 bits per heavy atom. The zero-order valence-electron chi connectivity index (χ0n) is 10.4. The van der Waals surface area contributed by atoms with Crippen molar-refractivity contribution < 1.29 is 14.3 Å². The van der Waals surface area contributed by atoms with Crippen LogP contribution >= 0.6 is 0 Å². The molecule has 18 heavy (non-hydrogen) atoms. The first-order chi connectivity index (χ1) is 8.77. The number of nitrogens with zero attached hydrogens (tertiary/aromatic N) is 1. The van der Waals surface area contributed by atoms with Gasteiger partial charge in [-0.15, -0.1) is 0 Å². The molecular formula is C13H16N2O3. The molecule has 0 bridgehead atoms. The number of para-hydroxylation sites is 1. The monoisotopic (exact) mass is 248 g/mol. The van der Waals surface area contributed by atoms with Crippen molar-refractivity contribution in [3.05, 3.63) is 35.9 Å². The summed E-state index contributed by atoms with van der Waals surface area (Å²) in [6.07, 6.45) is 4.42. The summed E-state index contributed by atoms with van der Waals surface area (Å²) in [5, 5.41) is 3.68. The Labute approximate surface area is 106 Å². The summed E-state index contributed by atoms with van der Waals surface area (Å²) in [7, 11) is 1.61. The Kier molecular flexibility index (Phi) is 6.03. The summed E-state index contributed by atoms with van der Waals surface area (Å²) in [6.45, 7) is 2.04. The minimum absolute atomic E-state index is 0.318. The minimum Gasteiger partial charge on any atom is -0.496 e. The fraction of sp³-hybridized carbons (Fsp3) is 0.231. The van der Waals surface area contributed by atoms with Gasteiger partial charge in [-0.1, -0.05) is 18.2 Å². The number of hydrogen-bond acceptors (Lipinski definition) is 4. The smallest absolute Gasteiger partial charge is 0.427 e. The number of methoxy groups -OCH3 is 1. The van der Waals surface area contributed by atoms with Gasteiger partial charge in [-0.05, 0) is 25.1 Å². The van der Waals surface area contributed by atoms with E-state index in [1.165, 1.54) is 6.21 Å². The Hall–Kier alpha value is -2.30. The normalized spacial score (nSPS) is 10.8. The molecule has 0 aromatic heterocycles. The lowest BCUT2D eigenvalue weighted by molar-refractivity contribution is 0.152. The lowest BCUT2D eigenvalue weighted by Crippen LogP contribution is -2.18. The maximum Gasteiger partial charge on any atom is 0.427 e. The van der Waals surface area contributed by atoms with Crippen LogP contribution in [0.4, 0.5) is 4.79 Å². The highest BCUT2D eigenvalue weighted by Crippen LogP contribution is 2.18. The van der Waals surface area contributed by atoms with E-state index < -0.39 is 6.09 Å². The van der Waals surface area contributed by atoms with E-state index in [9.17, 15) is 4.79 Å². The molecule has 5 nitrogen and oxygen atoms in total. The molecule has 1 aromatic rings. The van der Waals surface area contributed by atoms with Crippen LogP contribution in [0.2, 0.25) is 0 Å². The second-order valence-corrected chi connectivity index (χ2v) is 3.21. The number of allylic oxidation sites excluding steroid dienone is 1. The second-order valence-electron chi connectivity index (χ2n) is 3.21. The number of rotatable bonds is 5. The van der Waals surface area contributed by atoms with Crippen LogP contribution in [0.3, 0.4) is 0 Å². The van der Waals surface area contributed by atoms with Crippen LogP contribution in [0, 0.1) is 0 Å². The van der Waals surface area contributed by atoms with E-state index in [-0.39, 0.29) is 0 Å². The second kappa shape index (κ2) is 7.89. The van der Waals surface area contributed by atoms with Crippen molar-refractivity contribution in [1.29, 1.82) is 0 Å². The maximum atomic E-state index is 10.9. The van der Waals surface area contributed by atoms with Gasteiger partial charge in [0.25, 0.3) is 0 Å². The zero-order chi connectivity index (χ0) is 13.2. The van der Waals surface area contributed by atoms with Crippen molar-refractivity contribution in [3.8, 4) is 5.75 Å². The van der Waals surface area contributed by atoms with Crippen LogP contribution in [0.1, 0.15) is 12.5 Å². The van der Waals surface area contributed by atoms with Crippen LogP contribution in [-0.2, 0) is 4.74 Å². The molecule has 0 heterocycles. The molecule has 0 radical (unpaired) electrons. The van der Waals surface area contributed by atoms with Gasteiger partial charge in [-0.25, -0.2) is 10.2 Å². The van der Waals surface area contributed by atoms with Crippen molar-refractivity contribution in [2.45, 2.75) is 6.92 Å². The molecule has 1 rings (SSSR count). The molecule has 0 saturated heterocycles. The largest absolute Gasteiger partial charge is 0.496 e. The van der Waals surface area contributed by atoms with Crippen molar-refractivity contribution in [1.82, 2.24) is 5.43 Å². The van der Waals surface area contributed by atoms with Gasteiger partial charge in [0.15, 0.2) is 0 Å². The fourth-order valence-electron chi connectivity index (χ4n) is 1.25. The van der Waals surface area contributed by atoms with E-state index in [1.807, 2.05) is 30.3 Å². The molecule has 0 spiro atoms. The first-order valence-electron chi connectivity index (χ1n) is 5.53. The summed E-state index contributed by atoms with van der Waals surface area (Å²) in [5.41, 5.74) is 3.16. The van der Waals surface area contributed by atoms with Crippen molar-refractivity contribution in [3.63, 3.8) is 0 Å². The van der Waals surface area contributed by atoms with Crippen LogP contribution in [-0.4, -0.2) is 26.0 Å². The summed E-state index contributed by atoms with van der Waals surface area (Å²) < 4.78 is 9.82. The van der Waals surface area contributed by atoms with E-state index in [0.717, 1.165) is 11.3 Å². The van der Waals surface area contributed by atoms with E-state index in [0.29, 0.717) is 6.61 Å². The predicted molar refractivity (Wildman–Crippen MR) is 70.7 cm³/mol. The average Bonchev–Trinajstić information content (AvgIpc) is 2.39. The van der Waals surface area contributed by atoms with Gasteiger partial charge in [-0.3, -0.25) is 0 Å². The Bertz CT molecular complexity index is 442. The van der Waals surface area contributed by atoms with E-state index in [4.69, 9.17) is 4.74 Å². The quantitative estimate of drug-likeness (QED) is 0.643. The first kappa shape index (κ1) is 13.8. The highest BCUT2D eigenvalue weighted by molar-refractivity contribution is 5.80. The highest BCUT2D eigenvalue weighted by Gasteiger charge is 1.96. The van der Waals surface area contributed by atoms with Gasteiger partial charge in [0.1, 0.15) is 5.75 Å². The summed E-state index contributed by atoms with van der Waals surface area (Å²) in [6, 6.07) is 7.60. The topological polar surface area (TPSA) is 59.9 Å². The SMILES string of the molecule is CCOC(=O)N/N=C\C=C\c1ccccc1OC. The summed E-state index contributed by atoms with van der Waals surface area (Å²) >= 11 is 0. The molecule has 1 N–H and O–H groups in total. The number of hydrogen-bond donors (Lipinski definition) is 1. The molecular weight excluding hydrogens is 232 g/mol. The summed E-state index contributed by atoms with van der Waals surface area (Å²) in [4.78, 5) is 10.9. The van der Waals surface area contributed by atoms with Crippen molar-refractivity contribution in [2.75, 3.05) is 13.7 Å². The van der Waals surface area contributed by atoms with Gasteiger partial charge < -0.3 is 9.47 Å². The van der Waals surface area contributed by atoms with Gasteiger partial charge in [0.05, 0.1) is 13.7 Å². The zero-order valence-corrected chi connectivity index (χ0v) is 10.4. The molecule has 0 aliphatic rings. The van der Waals surface area contributed by atoms with Crippen molar-refractivity contribution in [2.24, 2.45) is 5.10 Å². The highest BCUT2D eigenvalue weighted by atomic mass is 16.5. The Balaban J connectivity index is 2.49. The number of ether oxygens (including phenoxy) is 2. The Morgan fingerprint density at radius 1 is 1.44 bits per heavy atom. The first-order valence-corrected chi connectivity index (χ1v) is 5.53. The Morgan fingerprint density at radius 3 is 2.94 bits per heavy atom. The van der Waals surface area contributed by atoms with Crippen LogP contribution in [0.15, 0.2) is 35.4 Å². The molecule has 1 amide bonds. The van der Waals surface area contributed by atoms with Crippen LogP contribution < -0.4 is 10.2 Å². The number of carbonyl (C=O) groups excluding carboxylic acids is 1. The van der Waals surface area contributed by atoms with Crippen LogP contribution in [0.5, 0.6) is 5.75 Å². The number of amides is 1. The van der Waals surface area contributed by atoms with E-state index in [1.54, 1.807) is 20.1 Å². The lowest BCUT2D eigenvalue weighted by atomic mass is 10.2. The predicted octanol–water partition coefficient (Wildman–Crippen LogP) is 2.44. The molecule has 5 heteroatoms. The molecule has 0 fully saturated rings. The molecule has 0 unspecified atom stereocenters. The number of hydrazone groups is 1. The molecule has 0 saturated carbocycles. The van der Waals surface area contributed by atoms with Gasteiger partial charge in [0, 0.05) is 11.8 Å². The minimum atomic E-state index is -0.570. The molecule has 0 aliphatic carbocycles. The third-order valence-electron chi connectivity index (χ3n) is 2.01. The number of nitrogens with one attached hydrogen (secondary N) is 1. The van der Waals surface area contributed by atoms with Crippen molar-refractivity contribution >= 4 is 18.4 Å². The standard InChI is InChI=1S/C13H16N2O3/c1-3-18-13(16)15-14-10-6-8-11-7-4-5-9-12(11)17-2/h4-10H,3H2,1-2H3,(H,15,16)/b8-6+,14-10-. The molecule has 0 aliphatic heterocycles. The van der Waals surface area contributed by atoms with Gasteiger partial charge >= 0.3 is 6.09 Å². The van der Waals surface area contributed by atoms with Gasteiger partial charge in [0.2, 0.25) is 0 Å².